The van der Waals surface area contributed by atoms with E-state index < -0.39 is 0 Å². The lowest BCUT2D eigenvalue weighted by Gasteiger charge is -1.87. The molecule has 2 rings (SSSR count). The maximum atomic E-state index is 9.27. The van der Waals surface area contributed by atoms with E-state index in [1.165, 1.54) is 17.4 Å². The summed E-state index contributed by atoms with van der Waals surface area (Å²) in [5, 5.41) is 27.1. The first-order valence-electron chi connectivity index (χ1n) is 4.34. The predicted molar refractivity (Wildman–Crippen MR) is 60.5 cm³/mol. The zero-order valence-corrected chi connectivity index (χ0v) is 8.82. The molecule has 0 unspecified atom stereocenters. The van der Waals surface area contributed by atoms with Crippen LogP contribution in [-0.2, 0) is 0 Å². The summed E-state index contributed by atoms with van der Waals surface area (Å²) in [6.45, 7) is 0. The third kappa shape index (κ3) is 1.85. The van der Waals surface area contributed by atoms with E-state index >= 15 is 0 Å². The van der Waals surface area contributed by atoms with E-state index in [0.717, 1.165) is 10.2 Å². The Hall–Kier alpha value is -2.37. The van der Waals surface area contributed by atoms with Crippen molar-refractivity contribution in [2.24, 2.45) is 0 Å². The van der Waals surface area contributed by atoms with Crippen molar-refractivity contribution in [2.75, 3.05) is 0 Å². The van der Waals surface area contributed by atoms with Crippen LogP contribution in [0.5, 0.6) is 5.75 Å². The lowest BCUT2D eigenvalue weighted by Crippen LogP contribution is -1.73. The summed E-state index contributed by atoms with van der Waals surface area (Å²) in [7, 11) is 0. The van der Waals surface area contributed by atoms with Gasteiger partial charge in [0.2, 0.25) is 0 Å². The Kier molecular flexibility index (Phi) is 2.55. The Morgan fingerprint density at radius 3 is 2.81 bits per heavy atom. The van der Waals surface area contributed by atoms with Crippen LogP contribution in [0.15, 0.2) is 23.8 Å². The topological polar surface area (TPSA) is 80.7 Å². The van der Waals surface area contributed by atoms with Gasteiger partial charge in [-0.1, -0.05) is 0 Å². The molecular weight excluding hydrogens is 222 g/mol. The predicted octanol–water partition coefficient (Wildman–Crippen LogP) is 2.43. The number of fused-ring (bicyclic) bond motifs is 1. The van der Waals surface area contributed by atoms with Crippen molar-refractivity contribution in [3.8, 4) is 17.9 Å². The largest absolute Gasteiger partial charge is 0.508 e. The molecule has 1 aromatic heterocycles. The Labute approximate surface area is 95.3 Å². The highest BCUT2D eigenvalue weighted by Crippen LogP contribution is 2.26. The number of hydrogen-bond acceptors (Lipinski definition) is 5. The van der Waals surface area contributed by atoms with Gasteiger partial charge in [0.05, 0.1) is 10.2 Å². The molecule has 16 heavy (non-hydrogen) atoms. The Morgan fingerprint density at radius 2 is 2.12 bits per heavy atom. The van der Waals surface area contributed by atoms with Gasteiger partial charge < -0.3 is 5.11 Å². The van der Waals surface area contributed by atoms with Gasteiger partial charge in [-0.25, -0.2) is 4.98 Å². The molecule has 0 aliphatic rings. The Morgan fingerprint density at radius 1 is 1.38 bits per heavy atom. The van der Waals surface area contributed by atoms with Crippen molar-refractivity contribution in [1.29, 1.82) is 10.5 Å². The van der Waals surface area contributed by atoms with Crippen LogP contribution in [0.25, 0.3) is 16.3 Å². The van der Waals surface area contributed by atoms with Crippen molar-refractivity contribution >= 4 is 27.6 Å². The number of nitrogens with zero attached hydrogens (tertiary/aromatic N) is 3. The highest BCUT2D eigenvalue weighted by Gasteiger charge is 2.03. The molecular formula is C11H5N3OS. The average molecular weight is 227 g/mol. The summed E-state index contributed by atoms with van der Waals surface area (Å²) in [5.41, 5.74) is 0.757. The number of aromatic hydroxyl groups is 1. The van der Waals surface area contributed by atoms with E-state index in [0.29, 0.717) is 5.01 Å². The van der Waals surface area contributed by atoms with Crippen LogP contribution in [0.4, 0.5) is 0 Å². The Bertz CT molecular complexity index is 642. The van der Waals surface area contributed by atoms with Crippen LogP contribution in [0.3, 0.4) is 0 Å². The summed E-state index contributed by atoms with van der Waals surface area (Å²) in [4.78, 5) is 4.22. The quantitative estimate of drug-likeness (QED) is 0.758. The molecule has 0 saturated carbocycles. The van der Waals surface area contributed by atoms with Gasteiger partial charge in [0.15, 0.2) is 0 Å². The lowest BCUT2D eigenvalue weighted by atomic mass is 10.3. The van der Waals surface area contributed by atoms with Gasteiger partial charge >= 0.3 is 0 Å². The average Bonchev–Trinajstić information content (AvgIpc) is 2.67. The van der Waals surface area contributed by atoms with Gasteiger partial charge in [-0.15, -0.1) is 11.3 Å². The summed E-state index contributed by atoms with van der Waals surface area (Å²) < 4.78 is 0.821. The minimum absolute atomic E-state index is 0.0169. The molecule has 0 saturated heterocycles. The number of thiazole rings is 1. The maximum Gasteiger partial charge on any atom is 0.132 e. The van der Waals surface area contributed by atoms with Crippen molar-refractivity contribution < 1.29 is 5.11 Å². The minimum atomic E-state index is 0.0169. The number of aromatic nitrogens is 1. The monoisotopic (exact) mass is 227 g/mol. The molecule has 1 aromatic carbocycles. The Balaban J connectivity index is 2.53. The van der Waals surface area contributed by atoms with E-state index in [-0.39, 0.29) is 11.3 Å². The normalized spacial score (nSPS) is 9.38. The van der Waals surface area contributed by atoms with E-state index in [1.807, 2.05) is 0 Å². The fourth-order valence-corrected chi connectivity index (χ4v) is 2.15. The highest BCUT2D eigenvalue weighted by molar-refractivity contribution is 7.19. The third-order valence-corrected chi connectivity index (χ3v) is 2.86. The second kappa shape index (κ2) is 4.01. The molecule has 1 N–H and O–H groups in total. The van der Waals surface area contributed by atoms with Crippen LogP contribution in [-0.4, -0.2) is 10.1 Å². The molecule has 0 radical (unpaired) electrons. The van der Waals surface area contributed by atoms with E-state index in [1.54, 1.807) is 30.3 Å². The molecule has 76 valence electrons. The molecule has 2 aromatic rings. The minimum Gasteiger partial charge on any atom is -0.508 e. The van der Waals surface area contributed by atoms with Crippen molar-refractivity contribution in [1.82, 2.24) is 4.98 Å². The molecule has 0 fully saturated rings. The number of nitriles is 2. The fourth-order valence-electron chi connectivity index (χ4n) is 1.21. The first kappa shape index (κ1) is 10.2. The van der Waals surface area contributed by atoms with E-state index in [4.69, 9.17) is 10.5 Å². The second-order valence-electron chi connectivity index (χ2n) is 2.99. The standard InChI is InChI=1S/C11H5N3OS/c12-5-7(6-13)3-11-14-9-2-1-8(15)4-10(9)16-11/h1-4,15H. The van der Waals surface area contributed by atoms with Crippen molar-refractivity contribution in [2.45, 2.75) is 0 Å². The first-order chi connectivity index (χ1) is 7.72. The lowest BCUT2D eigenvalue weighted by molar-refractivity contribution is 0.476. The highest BCUT2D eigenvalue weighted by atomic mass is 32.1. The molecule has 0 aliphatic carbocycles. The zero-order chi connectivity index (χ0) is 11.5. The van der Waals surface area contributed by atoms with Gasteiger partial charge in [0.25, 0.3) is 0 Å². The van der Waals surface area contributed by atoms with Crippen LogP contribution in [0.1, 0.15) is 5.01 Å². The second-order valence-corrected chi connectivity index (χ2v) is 4.05. The summed E-state index contributed by atoms with van der Waals surface area (Å²) in [5.74, 6) is 0.174. The molecule has 0 bridgehead atoms. The zero-order valence-electron chi connectivity index (χ0n) is 8.01. The number of phenolic OH excluding ortho intramolecular Hbond substituents is 1. The van der Waals surface area contributed by atoms with E-state index in [9.17, 15) is 5.11 Å². The number of benzene rings is 1. The van der Waals surface area contributed by atoms with Crippen LogP contribution in [0, 0.1) is 22.7 Å². The number of rotatable bonds is 1. The van der Waals surface area contributed by atoms with Gasteiger partial charge in [-0.2, -0.15) is 10.5 Å². The summed E-state index contributed by atoms with van der Waals surface area (Å²) >= 11 is 1.32. The molecule has 0 atom stereocenters. The van der Waals surface area contributed by atoms with Crippen LogP contribution in [0.2, 0.25) is 0 Å². The van der Waals surface area contributed by atoms with E-state index in [2.05, 4.69) is 4.98 Å². The first-order valence-corrected chi connectivity index (χ1v) is 5.16. The van der Waals surface area contributed by atoms with Gasteiger partial charge in [0.1, 0.15) is 28.5 Å². The maximum absolute atomic E-state index is 9.27. The molecule has 0 spiro atoms. The summed E-state index contributed by atoms with van der Waals surface area (Å²) in [6.07, 6.45) is 1.43. The SMILES string of the molecule is N#CC(C#N)=Cc1nc2ccc(O)cc2s1. The third-order valence-electron chi connectivity index (χ3n) is 1.90. The van der Waals surface area contributed by atoms with Crippen LogP contribution >= 0.6 is 11.3 Å². The van der Waals surface area contributed by atoms with Gasteiger partial charge in [-0.3, -0.25) is 0 Å². The molecule has 0 aliphatic heterocycles. The number of hydrogen-bond donors (Lipinski definition) is 1. The number of allylic oxidation sites excluding steroid dienone is 1. The molecule has 1 heterocycles. The van der Waals surface area contributed by atoms with Crippen molar-refractivity contribution in [3.63, 3.8) is 0 Å². The van der Waals surface area contributed by atoms with Crippen LogP contribution < -0.4 is 0 Å². The van der Waals surface area contributed by atoms with Gasteiger partial charge in [0, 0.05) is 6.08 Å². The molecule has 5 heteroatoms. The van der Waals surface area contributed by atoms with Gasteiger partial charge in [-0.05, 0) is 18.2 Å². The smallest absolute Gasteiger partial charge is 0.132 e. The molecule has 0 amide bonds. The molecule has 4 nitrogen and oxygen atoms in total. The fraction of sp³-hybridized carbons (Fsp3) is 0. The van der Waals surface area contributed by atoms with Crippen molar-refractivity contribution in [3.05, 3.63) is 28.8 Å². The summed E-state index contributed by atoms with van der Waals surface area (Å²) in [6, 6.07) is 8.38. The number of phenols is 1.